The van der Waals surface area contributed by atoms with Gasteiger partial charge in [-0.25, -0.2) is 4.79 Å². The third kappa shape index (κ3) is 3.77. The first kappa shape index (κ1) is 18.8. The number of aryl methyl sites for hydroxylation is 1. The Bertz CT molecular complexity index is 793. The molecule has 0 aliphatic rings. The van der Waals surface area contributed by atoms with Gasteiger partial charge in [0.2, 0.25) is 0 Å². The number of carboxylic acids is 1. The van der Waals surface area contributed by atoms with Crippen LogP contribution in [0.2, 0.25) is 0 Å². The maximum absolute atomic E-state index is 11.0. The summed E-state index contributed by atoms with van der Waals surface area (Å²) < 4.78 is 16.6. The highest BCUT2D eigenvalue weighted by atomic mass is 16.7. The molecule has 0 aliphatic heterocycles. The molecule has 0 unspecified atom stereocenters. The molecule has 0 amide bonds. The fraction of sp³-hybridized carbons (Fsp3) is 0.350. The Morgan fingerprint density at radius 2 is 1.92 bits per heavy atom. The molecule has 134 valence electrons. The van der Waals surface area contributed by atoms with Gasteiger partial charge in [0.15, 0.2) is 18.3 Å². The fourth-order valence-electron chi connectivity index (χ4n) is 3.09. The van der Waals surface area contributed by atoms with E-state index in [1.54, 1.807) is 20.3 Å². The zero-order valence-corrected chi connectivity index (χ0v) is 15.1. The predicted octanol–water partition coefficient (Wildman–Crippen LogP) is 4.05. The summed E-state index contributed by atoms with van der Waals surface area (Å²) in [6.07, 6.45) is 4.28. The van der Waals surface area contributed by atoms with E-state index in [0.29, 0.717) is 17.9 Å². The summed E-state index contributed by atoms with van der Waals surface area (Å²) >= 11 is 0. The van der Waals surface area contributed by atoms with Gasteiger partial charge >= 0.3 is 5.97 Å². The van der Waals surface area contributed by atoms with Crippen molar-refractivity contribution in [3.8, 4) is 11.5 Å². The van der Waals surface area contributed by atoms with Crippen molar-refractivity contribution in [2.75, 3.05) is 21.0 Å². The third-order valence-electron chi connectivity index (χ3n) is 4.13. The number of ether oxygens (including phenoxy) is 3. The molecule has 2 rings (SSSR count). The normalized spacial score (nSPS) is 11.2. The number of methoxy groups -OCH3 is 2. The molecule has 0 saturated carbocycles. The Kier molecular flexibility index (Phi) is 6.42. The van der Waals surface area contributed by atoms with Crippen LogP contribution in [0.5, 0.6) is 11.5 Å². The van der Waals surface area contributed by atoms with Gasteiger partial charge in [0.05, 0.1) is 7.11 Å². The second-order valence-corrected chi connectivity index (χ2v) is 5.52. The van der Waals surface area contributed by atoms with E-state index < -0.39 is 5.97 Å². The summed E-state index contributed by atoms with van der Waals surface area (Å²) in [4.78, 5) is 11.0. The smallest absolute Gasteiger partial charge is 0.328 e. The van der Waals surface area contributed by atoms with Gasteiger partial charge in [-0.2, -0.15) is 0 Å². The van der Waals surface area contributed by atoms with Gasteiger partial charge < -0.3 is 19.3 Å². The monoisotopic (exact) mass is 344 g/mol. The molecule has 0 fully saturated rings. The molecule has 0 heterocycles. The summed E-state index contributed by atoms with van der Waals surface area (Å²) in [5.41, 5.74) is 2.86. The molecule has 0 bridgehead atoms. The highest BCUT2D eigenvalue weighted by Gasteiger charge is 2.21. The molecule has 0 atom stereocenters. The third-order valence-corrected chi connectivity index (χ3v) is 4.13. The van der Waals surface area contributed by atoms with E-state index in [4.69, 9.17) is 19.3 Å². The molecule has 0 spiro atoms. The van der Waals surface area contributed by atoms with Gasteiger partial charge in [0, 0.05) is 24.1 Å². The van der Waals surface area contributed by atoms with Crippen LogP contribution in [-0.2, 0) is 22.4 Å². The van der Waals surface area contributed by atoms with E-state index in [1.807, 2.05) is 25.1 Å². The number of rotatable bonds is 8. The Balaban J connectivity index is 2.93. The number of carbonyl (C=O) groups is 1. The standard InChI is InChI=1S/C20H24O5/c1-5-13-8-7-9-16-15(10-11-17(21)22)14(6-2)19(24-4)20(18(13)16)25-12-23-3/h7-11H,5-6,12H2,1-4H3,(H,21,22)/b11-10-. The Hall–Kier alpha value is -2.53. The highest BCUT2D eigenvalue weighted by molar-refractivity contribution is 6.02. The van der Waals surface area contributed by atoms with Crippen LogP contribution in [0, 0.1) is 0 Å². The van der Waals surface area contributed by atoms with Crippen LogP contribution >= 0.6 is 0 Å². The van der Waals surface area contributed by atoms with E-state index >= 15 is 0 Å². The quantitative estimate of drug-likeness (QED) is 0.578. The van der Waals surface area contributed by atoms with Crippen LogP contribution in [0.25, 0.3) is 16.8 Å². The van der Waals surface area contributed by atoms with Crippen LogP contribution in [0.3, 0.4) is 0 Å². The van der Waals surface area contributed by atoms with Gasteiger partial charge in [-0.05, 0) is 35.4 Å². The van der Waals surface area contributed by atoms with Crippen molar-refractivity contribution in [2.45, 2.75) is 26.7 Å². The van der Waals surface area contributed by atoms with Gasteiger partial charge in [0.25, 0.3) is 0 Å². The zero-order valence-electron chi connectivity index (χ0n) is 15.1. The number of fused-ring (bicyclic) bond motifs is 1. The SMILES string of the molecule is CCc1c(OC)c(OCOC)c2c(CC)cccc2c1/C=C\C(=O)O. The number of aliphatic carboxylic acids is 1. The van der Waals surface area contributed by atoms with Crippen LogP contribution < -0.4 is 9.47 Å². The largest absolute Gasteiger partial charge is 0.493 e. The topological polar surface area (TPSA) is 65.0 Å². The van der Waals surface area contributed by atoms with Crippen molar-refractivity contribution >= 4 is 22.8 Å². The number of benzene rings is 2. The lowest BCUT2D eigenvalue weighted by atomic mass is 9.91. The number of hydrogen-bond donors (Lipinski definition) is 1. The first-order valence-electron chi connectivity index (χ1n) is 8.26. The molecule has 2 aromatic rings. The second kappa shape index (κ2) is 8.53. The summed E-state index contributed by atoms with van der Waals surface area (Å²) in [5, 5.41) is 10.9. The molecule has 0 saturated heterocycles. The summed E-state index contributed by atoms with van der Waals surface area (Å²) in [6, 6.07) is 6.00. The van der Waals surface area contributed by atoms with Gasteiger partial charge in [0.1, 0.15) is 0 Å². The van der Waals surface area contributed by atoms with Crippen LogP contribution in [0.1, 0.15) is 30.5 Å². The lowest BCUT2D eigenvalue weighted by Gasteiger charge is -2.21. The van der Waals surface area contributed by atoms with Crippen LogP contribution in [-0.4, -0.2) is 32.1 Å². The van der Waals surface area contributed by atoms with Crippen molar-refractivity contribution in [1.29, 1.82) is 0 Å². The number of hydrogen-bond acceptors (Lipinski definition) is 4. The minimum absolute atomic E-state index is 0.108. The van der Waals surface area contributed by atoms with Gasteiger partial charge in [-0.15, -0.1) is 0 Å². The van der Waals surface area contributed by atoms with E-state index in [-0.39, 0.29) is 6.79 Å². The Labute approximate surface area is 147 Å². The maximum Gasteiger partial charge on any atom is 0.328 e. The first-order chi connectivity index (χ1) is 12.1. The molecule has 0 radical (unpaired) electrons. The minimum atomic E-state index is -0.986. The van der Waals surface area contributed by atoms with Crippen LogP contribution in [0.15, 0.2) is 24.3 Å². The second-order valence-electron chi connectivity index (χ2n) is 5.52. The highest BCUT2D eigenvalue weighted by Crippen LogP contribution is 2.44. The average molecular weight is 344 g/mol. The van der Waals surface area contributed by atoms with E-state index in [2.05, 4.69) is 6.92 Å². The molecule has 5 nitrogen and oxygen atoms in total. The number of carboxylic acid groups (broad SMARTS) is 1. The predicted molar refractivity (Wildman–Crippen MR) is 98.4 cm³/mol. The van der Waals surface area contributed by atoms with E-state index in [0.717, 1.165) is 40.0 Å². The lowest BCUT2D eigenvalue weighted by molar-refractivity contribution is -0.131. The molecule has 0 aliphatic carbocycles. The first-order valence-corrected chi connectivity index (χ1v) is 8.26. The molecule has 2 aromatic carbocycles. The molecular weight excluding hydrogens is 320 g/mol. The van der Waals surface area contributed by atoms with E-state index in [1.165, 1.54) is 0 Å². The van der Waals surface area contributed by atoms with Crippen molar-refractivity contribution in [3.63, 3.8) is 0 Å². The minimum Gasteiger partial charge on any atom is -0.493 e. The molecule has 1 N–H and O–H groups in total. The van der Waals surface area contributed by atoms with Crippen molar-refractivity contribution in [3.05, 3.63) is 41.0 Å². The summed E-state index contributed by atoms with van der Waals surface area (Å²) in [6.45, 7) is 4.18. The zero-order chi connectivity index (χ0) is 18.4. The molecule has 5 heteroatoms. The molecule has 25 heavy (non-hydrogen) atoms. The van der Waals surface area contributed by atoms with Crippen molar-refractivity contribution in [2.24, 2.45) is 0 Å². The van der Waals surface area contributed by atoms with Crippen LogP contribution in [0.4, 0.5) is 0 Å². The Morgan fingerprint density at radius 1 is 1.16 bits per heavy atom. The van der Waals surface area contributed by atoms with E-state index in [9.17, 15) is 4.79 Å². The fourth-order valence-corrected chi connectivity index (χ4v) is 3.09. The average Bonchev–Trinajstić information content (AvgIpc) is 2.62. The molecular formula is C20H24O5. The summed E-state index contributed by atoms with van der Waals surface area (Å²) in [5.74, 6) is 0.277. The van der Waals surface area contributed by atoms with Gasteiger partial charge in [-0.1, -0.05) is 32.0 Å². The molecule has 0 aromatic heterocycles. The van der Waals surface area contributed by atoms with Crippen molar-refractivity contribution in [1.82, 2.24) is 0 Å². The Morgan fingerprint density at radius 3 is 2.48 bits per heavy atom. The van der Waals surface area contributed by atoms with Crippen molar-refractivity contribution < 1.29 is 24.1 Å². The van der Waals surface area contributed by atoms with Gasteiger partial charge in [-0.3, -0.25) is 0 Å². The maximum atomic E-state index is 11.0. The summed E-state index contributed by atoms with van der Waals surface area (Å²) in [7, 11) is 3.17. The lowest BCUT2D eigenvalue weighted by Crippen LogP contribution is -2.06.